The van der Waals surface area contributed by atoms with Gasteiger partial charge in [-0.15, -0.1) is 24.8 Å². The lowest BCUT2D eigenvalue weighted by molar-refractivity contribution is -0.121. The van der Waals surface area contributed by atoms with E-state index in [0.29, 0.717) is 30.0 Å². The zero-order valence-electron chi connectivity index (χ0n) is 16.1. The Bertz CT molecular complexity index is 734. The summed E-state index contributed by atoms with van der Waals surface area (Å²) in [5.41, 5.74) is 0.638. The fraction of sp³-hybridized carbons (Fsp3) is 0.611. The van der Waals surface area contributed by atoms with Crippen molar-refractivity contribution in [2.75, 3.05) is 39.8 Å². The number of carbonyl (C=O) groups is 1. The molecule has 2 saturated heterocycles. The summed E-state index contributed by atoms with van der Waals surface area (Å²) in [4.78, 5) is 14.6. The van der Waals surface area contributed by atoms with E-state index in [9.17, 15) is 13.2 Å². The number of sulfonamides is 1. The van der Waals surface area contributed by atoms with Crippen LogP contribution < -0.4 is 10.6 Å². The first-order chi connectivity index (χ1) is 12.5. The van der Waals surface area contributed by atoms with Crippen molar-refractivity contribution in [3.05, 3.63) is 29.8 Å². The van der Waals surface area contributed by atoms with Crippen LogP contribution in [0.2, 0.25) is 0 Å². The number of nitrogens with one attached hydrogen (secondary N) is 2. The van der Waals surface area contributed by atoms with Crippen molar-refractivity contribution >= 4 is 40.7 Å². The van der Waals surface area contributed by atoms with Gasteiger partial charge in [0.05, 0.1) is 4.90 Å². The van der Waals surface area contributed by atoms with E-state index in [4.69, 9.17) is 0 Å². The van der Waals surface area contributed by atoms with Gasteiger partial charge < -0.3 is 15.5 Å². The standard InChI is InChI=1S/C18H28N4O3S.2ClH/c1-21-9-11-22(12-10-21)26(24,25)17-7-3-2-5-15(17)14-20-18(23)13-16-6-4-8-19-16;;/h2-3,5,7,16,19H,4,6,8-14H2,1H3,(H,20,23);2*1H. The second kappa shape index (κ2) is 11.3. The first-order valence-electron chi connectivity index (χ1n) is 9.23. The molecule has 2 fully saturated rings. The van der Waals surface area contributed by atoms with E-state index < -0.39 is 10.0 Å². The van der Waals surface area contributed by atoms with Crippen molar-refractivity contribution in [2.24, 2.45) is 0 Å². The van der Waals surface area contributed by atoms with E-state index in [1.807, 2.05) is 13.1 Å². The molecular formula is C18H30Cl2N4O3S. The molecule has 2 aliphatic heterocycles. The van der Waals surface area contributed by atoms with Crippen LogP contribution in [0.1, 0.15) is 24.8 Å². The summed E-state index contributed by atoms with van der Waals surface area (Å²) >= 11 is 0. The highest BCUT2D eigenvalue weighted by atomic mass is 35.5. The van der Waals surface area contributed by atoms with Crippen LogP contribution in [0.5, 0.6) is 0 Å². The Hall–Kier alpha value is -0.900. The van der Waals surface area contributed by atoms with E-state index in [1.54, 1.807) is 18.2 Å². The molecule has 1 aromatic rings. The first-order valence-corrected chi connectivity index (χ1v) is 10.7. The molecule has 0 saturated carbocycles. The Morgan fingerprint density at radius 1 is 1.18 bits per heavy atom. The minimum atomic E-state index is -3.54. The van der Waals surface area contributed by atoms with Crippen LogP contribution in [0.15, 0.2) is 29.2 Å². The summed E-state index contributed by atoms with van der Waals surface area (Å²) in [7, 11) is -1.55. The molecule has 2 heterocycles. The molecule has 7 nitrogen and oxygen atoms in total. The van der Waals surface area contributed by atoms with E-state index in [1.165, 1.54) is 4.31 Å². The van der Waals surface area contributed by atoms with Crippen LogP contribution in [0.25, 0.3) is 0 Å². The van der Waals surface area contributed by atoms with Gasteiger partial charge in [-0.1, -0.05) is 18.2 Å². The predicted octanol–water partition coefficient (Wildman–Crippen LogP) is 1.22. The van der Waals surface area contributed by atoms with E-state index in [-0.39, 0.29) is 43.3 Å². The normalized spacial score (nSPS) is 20.8. The van der Waals surface area contributed by atoms with Crippen LogP contribution in [-0.4, -0.2) is 69.3 Å². The maximum absolute atomic E-state index is 13.0. The monoisotopic (exact) mass is 452 g/mol. The molecule has 2 aliphatic rings. The molecule has 160 valence electrons. The molecule has 3 rings (SSSR count). The van der Waals surface area contributed by atoms with Gasteiger partial charge in [0.1, 0.15) is 0 Å². The summed E-state index contributed by atoms with van der Waals surface area (Å²) in [6.07, 6.45) is 2.55. The van der Waals surface area contributed by atoms with Crippen molar-refractivity contribution in [1.82, 2.24) is 19.8 Å². The third-order valence-electron chi connectivity index (χ3n) is 5.12. The number of benzene rings is 1. The van der Waals surface area contributed by atoms with E-state index >= 15 is 0 Å². The highest BCUT2D eigenvalue weighted by Gasteiger charge is 2.29. The van der Waals surface area contributed by atoms with Crippen molar-refractivity contribution in [1.29, 1.82) is 0 Å². The van der Waals surface area contributed by atoms with Gasteiger partial charge in [-0.25, -0.2) is 8.42 Å². The molecule has 1 atom stereocenters. The number of piperazine rings is 1. The molecule has 0 aromatic heterocycles. The van der Waals surface area contributed by atoms with Gasteiger partial charge in [-0.3, -0.25) is 4.79 Å². The van der Waals surface area contributed by atoms with Crippen LogP contribution in [-0.2, 0) is 21.4 Å². The van der Waals surface area contributed by atoms with Gasteiger partial charge in [0, 0.05) is 45.2 Å². The molecule has 0 bridgehead atoms. The number of nitrogens with zero attached hydrogens (tertiary/aromatic N) is 2. The number of halogens is 2. The van der Waals surface area contributed by atoms with E-state index in [2.05, 4.69) is 15.5 Å². The van der Waals surface area contributed by atoms with Gasteiger partial charge >= 0.3 is 0 Å². The molecule has 1 amide bonds. The van der Waals surface area contributed by atoms with Gasteiger partial charge in [0.25, 0.3) is 0 Å². The molecule has 10 heteroatoms. The number of amides is 1. The quantitative estimate of drug-likeness (QED) is 0.677. The van der Waals surface area contributed by atoms with Crippen molar-refractivity contribution in [3.63, 3.8) is 0 Å². The van der Waals surface area contributed by atoms with Gasteiger partial charge in [0.2, 0.25) is 15.9 Å². The van der Waals surface area contributed by atoms with Gasteiger partial charge in [0.15, 0.2) is 0 Å². The fourth-order valence-electron chi connectivity index (χ4n) is 3.49. The van der Waals surface area contributed by atoms with Crippen molar-refractivity contribution < 1.29 is 13.2 Å². The molecule has 0 radical (unpaired) electrons. The molecular weight excluding hydrogens is 423 g/mol. The Morgan fingerprint density at radius 3 is 2.50 bits per heavy atom. The summed E-state index contributed by atoms with van der Waals surface area (Å²) in [6, 6.07) is 7.18. The topological polar surface area (TPSA) is 81.8 Å². The smallest absolute Gasteiger partial charge is 0.243 e. The zero-order valence-corrected chi connectivity index (χ0v) is 18.5. The lowest BCUT2D eigenvalue weighted by Gasteiger charge is -2.32. The minimum absolute atomic E-state index is 0. The Labute approximate surface area is 180 Å². The average Bonchev–Trinajstić information content (AvgIpc) is 3.13. The molecule has 0 spiro atoms. The first kappa shape index (κ1) is 25.1. The maximum atomic E-state index is 13.0. The van der Waals surface area contributed by atoms with Crippen LogP contribution >= 0.6 is 24.8 Å². The average molecular weight is 453 g/mol. The minimum Gasteiger partial charge on any atom is -0.352 e. The van der Waals surface area contributed by atoms with E-state index in [0.717, 1.165) is 32.5 Å². The molecule has 2 N–H and O–H groups in total. The van der Waals surface area contributed by atoms with Crippen LogP contribution in [0, 0.1) is 0 Å². The second-order valence-corrected chi connectivity index (χ2v) is 9.00. The largest absolute Gasteiger partial charge is 0.352 e. The SMILES string of the molecule is CN1CCN(S(=O)(=O)c2ccccc2CNC(=O)CC2CCCN2)CC1.Cl.Cl. The predicted molar refractivity (Wildman–Crippen MR) is 115 cm³/mol. The Morgan fingerprint density at radius 2 is 1.86 bits per heavy atom. The summed E-state index contributed by atoms with van der Waals surface area (Å²) in [5.74, 6) is -0.0452. The maximum Gasteiger partial charge on any atom is 0.243 e. The summed E-state index contributed by atoms with van der Waals surface area (Å²) < 4.78 is 27.6. The highest BCUT2D eigenvalue weighted by molar-refractivity contribution is 7.89. The highest BCUT2D eigenvalue weighted by Crippen LogP contribution is 2.21. The molecule has 1 aromatic carbocycles. The lowest BCUT2D eigenvalue weighted by atomic mass is 10.1. The van der Waals surface area contributed by atoms with Crippen LogP contribution in [0.3, 0.4) is 0 Å². The van der Waals surface area contributed by atoms with Gasteiger partial charge in [-0.05, 0) is 38.1 Å². The molecule has 0 aliphatic carbocycles. The summed E-state index contributed by atoms with van der Waals surface area (Å²) in [6.45, 7) is 3.64. The Balaban J connectivity index is 0.00000196. The second-order valence-electron chi connectivity index (χ2n) is 7.09. The third kappa shape index (κ3) is 6.30. The number of likely N-dealkylation sites (N-methyl/N-ethyl adjacent to an activating group) is 1. The lowest BCUT2D eigenvalue weighted by Crippen LogP contribution is -2.47. The number of rotatable bonds is 6. The Kier molecular flexibility index (Phi) is 10.2. The molecule has 1 unspecified atom stereocenters. The third-order valence-corrected chi connectivity index (χ3v) is 7.12. The number of carbonyl (C=O) groups excluding carboxylic acids is 1. The summed E-state index contributed by atoms with van der Waals surface area (Å²) in [5, 5.41) is 6.18. The number of hydrogen-bond acceptors (Lipinski definition) is 5. The molecule has 28 heavy (non-hydrogen) atoms. The zero-order chi connectivity index (χ0) is 18.6. The van der Waals surface area contributed by atoms with Crippen molar-refractivity contribution in [3.8, 4) is 0 Å². The number of hydrogen-bond donors (Lipinski definition) is 2. The van der Waals surface area contributed by atoms with Crippen LogP contribution in [0.4, 0.5) is 0 Å². The fourth-order valence-corrected chi connectivity index (χ4v) is 5.13. The van der Waals surface area contributed by atoms with Gasteiger partial charge in [-0.2, -0.15) is 4.31 Å². The van der Waals surface area contributed by atoms with Crippen molar-refractivity contribution in [2.45, 2.75) is 36.7 Å².